The molecule has 110 valence electrons. The molecule has 1 atom stereocenters. The van der Waals surface area contributed by atoms with E-state index in [4.69, 9.17) is 9.47 Å². The number of rotatable bonds is 6. The number of benzene rings is 1. The molecule has 0 aliphatic carbocycles. The van der Waals surface area contributed by atoms with Gasteiger partial charge in [0.05, 0.1) is 12.7 Å². The highest BCUT2D eigenvalue weighted by atomic mass is 16.5. The van der Waals surface area contributed by atoms with Gasteiger partial charge in [-0.25, -0.2) is 0 Å². The molecule has 0 N–H and O–H groups in total. The lowest BCUT2D eigenvalue weighted by Crippen LogP contribution is -2.37. The van der Waals surface area contributed by atoms with Crippen molar-refractivity contribution in [3.8, 4) is 11.5 Å². The lowest BCUT2D eigenvalue weighted by atomic mass is 10.0. The molecule has 0 bridgehead atoms. The van der Waals surface area contributed by atoms with Crippen molar-refractivity contribution in [3.63, 3.8) is 0 Å². The third kappa shape index (κ3) is 3.73. The molecule has 1 heterocycles. The van der Waals surface area contributed by atoms with Crippen LogP contribution < -0.4 is 9.47 Å². The molecular formula is C16H23NO3. The molecule has 4 heteroatoms. The second-order valence-electron chi connectivity index (χ2n) is 5.39. The fourth-order valence-electron chi connectivity index (χ4n) is 2.71. The quantitative estimate of drug-likeness (QED) is 0.749. The molecule has 0 aromatic heterocycles. The van der Waals surface area contributed by atoms with Crippen molar-refractivity contribution >= 4 is 6.29 Å². The van der Waals surface area contributed by atoms with Crippen LogP contribution in [0.4, 0.5) is 0 Å². The van der Waals surface area contributed by atoms with E-state index >= 15 is 0 Å². The molecule has 0 saturated carbocycles. The summed E-state index contributed by atoms with van der Waals surface area (Å²) in [6.07, 6.45) is 3.38. The number of aldehydes is 1. The first kappa shape index (κ1) is 14.9. The zero-order chi connectivity index (χ0) is 14.4. The minimum atomic E-state index is 0.538. The van der Waals surface area contributed by atoms with Crippen LogP contribution in [0, 0.1) is 5.92 Å². The van der Waals surface area contributed by atoms with E-state index in [1.54, 1.807) is 19.2 Å². The van der Waals surface area contributed by atoms with Gasteiger partial charge in [-0.15, -0.1) is 0 Å². The number of hydrogen-bond donors (Lipinski definition) is 0. The molecule has 0 spiro atoms. The Hall–Kier alpha value is -1.55. The first-order valence-corrected chi connectivity index (χ1v) is 7.22. The average Bonchev–Trinajstić information content (AvgIpc) is 2.47. The molecule has 1 aromatic rings. The molecule has 4 nitrogen and oxygen atoms in total. The Balaban J connectivity index is 1.91. The Morgan fingerprint density at radius 2 is 2.30 bits per heavy atom. The van der Waals surface area contributed by atoms with Gasteiger partial charge in [0, 0.05) is 13.1 Å². The third-order valence-corrected chi connectivity index (χ3v) is 3.75. The second kappa shape index (κ2) is 7.29. The van der Waals surface area contributed by atoms with Crippen LogP contribution in [0.3, 0.4) is 0 Å². The van der Waals surface area contributed by atoms with Crippen LogP contribution in [-0.4, -0.2) is 44.5 Å². The van der Waals surface area contributed by atoms with E-state index in [2.05, 4.69) is 11.8 Å². The van der Waals surface area contributed by atoms with Crippen molar-refractivity contribution in [2.75, 3.05) is 33.4 Å². The van der Waals surface area contributed by atoms with E-state index < -0.39 is 0 Å². The average molecular weight is 277 g/mol. The molecule has 0 amide bonds. The van der Waals surface area contributed by atoms with Crippen molar-refractivity contribution in [1.29, 1.82) is 0 Å². The molecule has 1 saturated heterocycles. The Morgan fingerprint density at radius 3 is 3.00 bits per heavy atom. The molecule has 20 heavy (non-hydrogen) atoms. The van der Waals surface area contributed by atoms with Gasteiger partial charge in [0.15, 0.2) is 17.8 Å². The Bertz CT molecular complexity index is 447. The van der Waals surface area contributed by atoms with Crippen molar-refractivity contribution < 1.29 is 14.3 Å². The summed E-state index contributed by atoms with van der Waals surface area (Å²) in [7, 11) is 1.59. The minimum absolute atomic E-state index is 0.538. The van der Waals surface area contributed by atoms with Gasteiger partial charge in [-0.05, 0) is 37.4 Å². The highest BCUT2D eigenvalue weighted by Crippen LogP contribution is 2.30. The summed E-state index contributed by atoms with van der Waals surface area (Å²) in [5, 5.41) is 0. The lowest BCUT2D eigenvalue weighted by molar-refractivity contribution is 0.111. The van der Waals surface area contributed by atoms with Gasteiger partial charge in [-0.1, -0.05) is 13.0 Å². The highest BCUT2D eigenvalue weighted by molar-refractivity contribution is 5.81. The van der Waals surface area contributed by atoms with Crippen LogP contribution in [0.5, 0.6) is 11.5 Å². The normalized spacial score (nSPS) is 19.6. The number of nitrogens with zero attached hydrogens (tertiary/aromatic N) is 1. The van der Waals surface area contributed by atoms with Crippen molar-refractivity contribution in [1.82, 2.24) is 4.90 Å². The van der Waals surface area contributed by atoms with E-state index in [9.17, 15) is 4.79 Å². The maximum Gasteiger partial charge on any atom is 0.171 e. The van der Waals surface area contributed by atoms with Crippen LogP contribution in [0.1, 0.15) is 30.1 Å². The van der Waals surface area contributed by atoms with Crippen LogP contribution in [0.2, 0.25) is 0 Å². The highest BCUT2D eigenvalue weighted by Gasteiger charge is 2.16. The van der Waals surface area contributed by atoms with Gasteiger partial charge in [-0.2, -0.15) is 0 Å². The van der Waals surface area contributed by atoms with Crippen LogP contribution in [0.25, 0.3) is 0 Å². The summed E-state index contributed by atoms with van der Waals surface area (Å²) in [6.45, 7) is 6.03. The Labute approximate surface area is 120 Å². The van der Waals surface area contributed by atoms with E-state index in [1.807, 2.05) is 6.07 Å². The maximum atomic E-state index is 11.1. The fraction of sp³-hybridized carbons (Fsp3) is 0.562. The molecule has 1 aliphatic heterocycles. The van der Waals surface area contributed by atoms with Gasteiger partial charge in [0.1, 0.15) is 6.61 Å². The maximum absolute atomic E-state index is 11.1. The number of carbonyl (C=O) groups is 1. The first-order chi connectivity index (χ1) is 9.74. The number of carbonyl (C=O) groups excluding carboxylic acids is 1. The van der Waals surface area contributed by atoms with E-state index in [1.165, 1.54) is 12.8 Å². The van der Waals surface area contributed by atoms with Gasteiger partial charge in [-0.3, -0.25) is 9.69 Å². The monoisotopic (exact) mass is 277 g/mol. The zero-order valence-electron chi connectivity index (χ0n) is 12.3. The van der Waals surface area contributed by atoms with Crippen LogP contribution in [0.15, 0.2) is 18.2 Å². The molecule has 2 rings (SSSR count). The minimum Gasteiger partial charge on any atom is -0.493 e. The number of hydrogen-bond acceptors (Lipinski definition) is 4. The summed E-state index contributed by atoms with van der Waals surface area (Å²) in [4.78, 5) is 13.5. The summed E-state index contributed by atoms with van der Waals surface area (Å²) in [5.74, 6) is 1.93. The van der Waals surface area contributed by atoms with E-state index in [0.29, 0.717) is 23.7 Å². The van der Waals surface area contributed by atoms with Gasteiger partial charge in [0.2, 0.25) is 0 Å². The number of methoxy groups -OCH3 is 1. The van der Waals surface area contributed by atoms with Gasteiger partial charge in [0.25, 0.3) is 0 Å². The zero-order valence-corrected chi connectivity index (χ0v) is 12.3. The standard InChI is InChI=1S/C16H23NO3/c1-13-5-4-8-17(11-13)9-10-20-16-14(12-18)6-3-7-15(16)19-2/h3,6-7,12-13H,4-5,8-11H2,1-2H3/t13-/m0/s1. The van der Waals surface area contributed by atoms with Crippen LogP contribution in [-0.2, 0) is 0 Å². The predicted molar refractivity (Wildman–Crippen MR) is 78.7 cm³/mol. The third-order valence-electron chi connectivity index (χ3n) is 3.75. The predicted octanol–water partition coefficient (Wildman–Crippen LogP) is 2.62. The molecule has 0 radical (unpaired) electrons. The SMILES string of the molecule is COc1cccc(C=O)c1OCCN1CCC[C@H](C)C1. The number of ether oxygens (including phenoxy) is 2. The van der Waals surface area contributed by atoms with Gasteiger partial charge < -0.3 is 9.47 Å². The summed E-state index contributed by atoms with van der Waals surface area (Å²) in [5.41, 5.74) is 0.538. The smallest absolute Gasteiger partial charge is 0.171 e. The summed E-state index contributed by atoms with van der Waals surface area (Å²) in [6, 6.07) is 5.35. The lowest BCUT2D eigenvalue weighted by Gasteiger charge is -2.30. The first-order valence-electron chi connectivity index (χ1n) is 7.22. The molecule has 1 aromatic carbocycles. The molecule has 0 unspecified atom stereocenters. The van der Waals surface area contributed by atoms with Crippen molar-refractivity contribution in [2.24, 2.45) is 5.92 Å². The molecule has 1 fully saturated rings. The molecule has 1 aliphatic rings. The number of para-hydroxylation sites is 1. The van der Waals surface area contributed by atoms with Crippen LogP contribution >= 0.6 is 0 Å². The Kier molecular flexibility index (Phi) is 5.41. The Morgan fingerprint density at radius 1 is 1.45 bits per heavy atom. The molecular weight excluding hydrogens is 254 g/mol. The summed E-state index contributed by atoms with van der Waals surface area (Å²) < 4.78 is 11.0. The summed E-state index contributed by atoms with van der Waals surface area (Å²) >= 11 is 0. The second-order valence-corrected chi connectivity index (χ2v) is 5.39. The number of likely N-dealkylation sites (tertiary alicyclic amines) is 1. The van der Waals surface area contributed by atoms with Gasteiger partial charge >= 0.3 is 0 Å². The van der Waals surface area contributed by atoms with E-state index in [-0.39, 0.29) is 0 Å². The largest absolute Gasteiger partial charge is 0.493 e. The number of piperidine rings is 1. The van der Waals surface area contributed by atoms with E-state index in [0.717, 1.165) is 31.8 Å². The van der Waals surface area contributed by atoms with Crippen molar-refractivity contribution in [2.45, 2.75) is 19.8 Å². The topological polar surface area (TPSA) is 38.8 Å². The fourth-order valence-corrected chi connectivity index (χ4v) is 2.71. The van der Waals surface area contributed by atoms with Crippen molar-refractivity contribution in [3.05, 3.63) is 23.8 Å².